The number of ether oxygens (including phenoxy) is 1. The third kappa shape index (κ3) is 5.07. The molecule has 38 heavy (non-hydrogen) atoms. The second-order valence-corrected chi connectivity index (χ2v) is 10.4. The molecule has 2 aromatic rings. The van der Waals surface area contributed by atoms with Gasteiger partial charge in [-0.3, -0.25) is 19.6 Å². The molecule has 5 rings (SSSR count). The molecule has 206 valence electrons. The largest absolute Gasteiger partial charge is 0.481 e. The average Bonchev–Trinajstić information content (AvgIpc) is 3.45. The maximum absolute atomic E-state index is 14.3. The number of piperidine rings is 2. The van der Waals surface area contributed by atoms with Gasteiger partial charge in [-0.2, -0.15) is 18.3 Å². The van der Waals surface area contributed by atoms with Gasteiger partial charge in [0.05, 0.1) is 19.0 Å². The summed E-state index contributed by atoms with van der Waals surface area (Å²) in [5.41, 5.74) is 0.623. The van der Waals surface area contributed by atoms with Gasteiger partial charge >= 0.3 is 6.18 Å². The van der Waals surface area contributed by atoms with Crippen molar-refractivity contribution in [1.29, 1.82) is 0 Å². The summed E-state index contributed by atoms with van der Waals surface area (Å²) in [4.78, 5) is 33.3. The lowest BCUT2D eigenvalue weighted by Crippen LogP contribution is -2.56. The summed E-state index contributed by atoms with van der Waals surface area (Å²) in [7, 11) is 2.85. The highest BCUT2D eigenvalue weighted by Crippen LogP contribution is 2.40. The van der Waals surface area contributed by atoms with Crippen LogP contribution >= 0.6 is 0 Å². The van der Waals surface area contributed by atoms with Crippen molar-refractivity contribution in [2.75, 3.05) is 20.7 Å². The summed E-state index contributed by atoms with van der Waals surface area (Å²) in [5, 5.41) is 9.77. The van der Waals surface area contributed by atoms with E-state index in [1.54, 1.807) is 4.90 Å². The highest BCUT2D eigenvalue weighted by Gasteiger charge is 2.47. The third-order valence-electron chi connectivity index (χ3n) is 8.02. The number of nitrogens with zero attached hydrogens (tertiary/aromatic N) is 4. The molecule has 2 N–H and O–H groups in total. The van der Waals surface area contributed by atoms with Crippen molar-refractivity contribution < 1.29 is 31.9 Å². The zero-order valence-corrected chi connectivity index (χ0v) is 21.1. The van der Waals surface area contributed by atoms with E-state index in [4.69, 9.17) is 4.74 Å². The summed E-state index contributed by atoms with van der Waals surface area (Å²) in [6, 6.07) is 0.808. The Bertz CT molecular complexity index is 1190. The second kappa shape index (κ2) is 10.2. The Hall–Kier alpha value is -3.22. The van der Waals surface area contributed by atoms with Crippen LogP contribution in [0.15, 0.2) is 18.3 Å². The van der Waals surface area contributed by atoms with Gasteiger partial charge in [-0.15, -0.1) is 0 Å². The molecule has 3 aliphatic rings. The summed E-state index contributed by atoms with van der Waals surface area (Å²) < 4.78 is 58.8. The number of pyridine rings is 1. The van der Waals surface area contributed by atoms with E-state index < -0.39 is 18.0 Å². The topological polar surface area (TPSA) is 103 Å². The number of likely N-dealkylation sites (N-methyl/N-ethyl adjacent to an activating group) is 1. The predicted molar refractivity (Wildman–Crippen MR) is 128 cm³/mol. The van der Waals surface area contributed by atoms with Crippen LogP contribution < -0.4 is 10.1 Å². The van der Waals surface area contributed by atoms with Gasteiger partial charge in [0, 0.05) is 42.2 Å². The number of hydrogen-bond donors (Lipinski definition) is 2. The standard InChI is InChI=1S/C25H30F4N6O3/c1-34-12-14(3-6-21(34)25(27,28)29)31-23(36)13-7-15-4-5-16(8-13)35(15)24(37)20-10-19(32-33-20)17-9-22(38-2)30-11-18(17)26/h9-11,13-16,21H,3-8,12H2,1-2H3,(H,31,36)(H,32,33)/t13?,14-,15-,16+,21+/m0/s1. The van der Waals surface area contributed by atoms with Crippen LogP contribution in [0.3, 0.4) is 0 Å². The van der Waals surface area contributed by atoms with E-state index in [9.17, 15) is 27.2 Å². The van der Waals surface area contributed by atoms with Crippen molar-refractivity contribution in [3.05, 3.63) is 29.8 Å². The van der Waals surface area contributed by atoms with Crippen molar-refractivity contribution in [2.24, 2.45) is 5.92 Å². The summed E-state index contributed by atoms with van der Waals surface area (Å²) in [6.45, 7) is 0.145. The molecule has 3 aliphatic heterocycles. The Morgan fingerprint density at radius 3 is 2.47 bits per heavy atom. The highest BCUT2D eigenvalue weighted by atomic mass is 19.4. The van der Waals surface area contributed by atoms with Crippen LogP contribution in [0.1, 0.15) is 49.0 Å². The Kier molecular flexibility index (Phi) is 7.05. The lowest BCUT2D eigenvalue weighted by atomic mass is 9.89. The number of carbonyl (C=O) groups excluding carboxylic acids is 2. The minimum atomic E-state index is -4.28. The zero-order chi connectivity index (χ0) is 27.2. The first kappa shape index (κ1) is 26.4. The van der Waals surface area contributed by atoms with Crippen molar-refractivity contribution in [3.63, 3.8) is 0 Å². The van der Waals surface area contributed by atoms with Crippen LogP contribution in [0.25, 0.3) is 11.3 Å². The number of likely N-dealkylation sites (tertiary alicyclic amines) is 1. The van der Waals surface area contributed by atoms with Gasteiger partial charge in [0.1, 0.15) is 11.7 Å². The van der Waals surface area contributed by atoms with Crippen LogP contribution in [0.4, 0.5) is 17.6 Å². The van der Waals surface area contributed by atoms with E-state index in [1.165, 1.54) is 31.2 Å². The van der Waals surface area contributed by atoms with E-state index in [2.05, 4.69) is 20.5 Å². The first-order valence-corrected chi connectivity index (χ1v) is 12.7. The number of carbonyl (C=O) groups is 2. The maximum atomic E-state index is 14.3. The molecule has 0 spiro atoms. The molecule has 0 aliphatic carbocycles. The molecule has 13 heteroatoms. The van der Waals surface area contributed by atoms with E-state index in [1.807, 2.05) is 0 Å². The molecule has 0 aromatic carbocycles. The van der Waals surface area contributed by atoms with Crippen LogP contribution in [0.2, 0.25) is 0 Å². The Morgan fingerprint density at radius 2 is 1.84 bits per heavy atom. The summed E-state index contributed by atoms with van der Waals surface area (Å²) in [5.74, 6) is -1.11. The Balaban J connectivity index is 1.21. The molecule has 3 saturated heterocycles. The zero-order valence-electron chi connectivity index (χ0n) is 21.1. The number of halogens is 4. The molecule has 9 nitrogen and oxygen atoms in total. The molecule has 2 bridgehead atoms. The predicted octanol–water partition coefficient (Wildman–Crippen LogP) is 3.14. The number of methoxy groups -OCH3 is 1. The number of aromatic nitrogens is 3. The molecule has 0 radical (unpaired) electrons. The number of aromatic amines is 1. The molecule has 5 atom stereocenters. The quantitative estimate of drug-likeness (QED) is 0.567. The second-order valence-electron chi connectivity index (χ2n) is 10.4. The van der Waals surface area contributed by atoms with Crippen molar-refractivity contribution in [1.82, 2.24) is 30.3 Å². The number of amides is 2. The van der Waals surface area contributed by atoms with Crippen LogP contribution in [-0.4, -0.2) is 87.8 Å². The van der Waals surface area contributed by atoms with E-state index >= 15 is 0 Å². The SMILES string of the molecule is COc1cc(-c2cc(C(=O)N3[C@@H]4CC[C@H]3CC(C(=O)N[C@H]3CC[C@H](C(F)(F)F)N(C)C3)C4)[nH]n2)c(F)cn1. The maximum Gasteiger partial charge on any atom is 0.404 e. The fourth-order valence-electron chi connectivity index (χ4n) is 6.15. The molecule has 2 aromatic heterocycles. The number of fused-ring (bicyclic) bond motifs is 2. The minimum absolute atomic E-state index is 0.0501. The van der Waals surface area contributed by atoms with Gasteiger partial charge in [0.2, 0.25) is 11.8 Å². The third-order valence-corrected chi connectivity index (χ3v) is 8.02. The first-order valence-electron chi connectivity index (χ1n) is 12.7. The van der Waals surface area contributed by atoms with Crippen LogP contribution in [-0.2, 0) is 4.79 Å². The van der Waals surface area contributed by atoms with E-state index in [0.29, 0.717) is 12.8 Å². The number of nitrogens with one attached hydrogen (secondary N) is 2. The molecule has 2 amide bonds. The molecule has 0 saturated carbocycles. The van der Waals surface area contributed by atoms with Gasteiger partial charge in [-0.05, 0) is 51.6 Å². The van der Waals surface area contributed by atoms with Gasteiger partial charge in [0.25, 0.3) is 5.91 Å². The molecular formula is C25H30F4N6O3. The monoisotopic (exact) mass is 538 g/mol. The van der Waals surface area contributed by atoms with E-state index in [0.717, 1.165) is 19.0 Å². The number of H-pyrrole nitrogens is 1. The van der Waals surface area contributed by atoms with Gasteiger partial charge in [0.15, 0.2) is 5.82 Å². The lowest BCUT2D eigenvalue weighted by Gasteiger charge is -2.40. The van der Waals surface area contributed by atoms with Gasteiger partial charge in [-0.1, -0.05) is 0 Å². The Labute approximate surface area is 216 Å². The van der Waals surface area contributed by atoms with Crippen LogP contribution in [0.5, 0.6) is 5.88 Å². The fraction of sp³-hybridized carbons (Fsp3) is 0.600. The molecular weight excluding hydrogens is 508 g/mol. The lowest BCUT2D eigenvalue weighted by molar-refractivity contribution is -0.188. The average molecular weight is 539 g/mol. The highest BCUT2D eigenvalue weighted by molar-refractivity contribution is 5.94. The fourth-order valence-corrected chi connectivity index (χ4v) is 6.15. The molecule has 5 heterocycles. The minimum Gasteiger partial charge on any atom is -0.481 e. The Morgan fingerprint density at radius 1 is 1.13 bits per heavy atom. The number of rotatable bonds is 5. The van der Waals surface area contributed by atoms with Crippen molar-refractivity contribution in [3.8, 4) is 17.1 Å². The number of alkyl halides is 3. The first-order chi connectivity index (χ1) is 18.0. The molecule has 1 unspecified atom stereocenters. The molecule has 3 fully saturated rings. The van der Waals surface area contributed by atoms with Gasteiger partial charge < -0.3 is 15.0 Å². The van der Waals surface area contributed by atoms with Gasteiger partial charge in [-0.25, -0.2) is 9.37 Å². The summed E-state index contributed by atoms with van der Waals surface area (Å²) in [6.07, 6.45) is -0.537. The van der Waals surface area contributed by atoms with E-state index in [-0.39, 0.29) is 78.1 Å². The normalized spacial score (nSPS) is 27.8. The summed E-state index contributed by atoms with van der Waals surface area (Å²) >= 11 is 0. The smallest absolute Gasteiger partial charge is 0.404 e. The number of hydrogen-bond acceptors (Lipinski definition) is 6. The van der Waals surface area contributed by atoms with Crippen molar-refractivity contribution >= 4 is 11.8 Å². The van der Waals surface area contributed by atoms with Crippen molar-refractivity contribution in [2.45, 2.75) is 68.9 Å². The van der Waals surface area contributed by atoms with Crippen LogP contribution in [0, 0.1) is 11.7 Å².